The van der Waals surface area contributed by atoms with Gasteiger partial charge in [0.2, 0.25) is 0 Å². The Morgan fingerprint density at radius 3 is 2.75 bits per heavy atom. The van der Waals surface area contributed by atoms with Gasteiger partial charge < -0.3 is 14.8 Å². The van der Waals surface area contributed by atoms with Gasteiger partial charge in [0.25, 0.3) is 0 Å². The van der Waals surface area contributed by atoms with E-state index in [1.165, 1.54) is 0 Å². The van der Waals surface area contributed by atoms with Gasteiger partial charge in [-0.1, -0.05) is 6.92 Å². The topological polar surface area (TPSA) is 58.9 Å². The summed E-state index contributed by atoms with van der Waals surface area (Å²) in [4.78, 5) is 15.5. The van der Waals surface area contributed by atoms with E-state index in [1.807, 2.05) is 44.2 Å². The Kier molecular flexibility index (Phi) is 4.55. The van der Waals surface area contributed by atoms with Crippen molar-refractivity contribution in [2.75, 3.05) is 24.3 Å². The van der Waals surface area contributed by atoms with Crippen LogP contribution in [0.4, 0.5) is 11.6 Å². The number of imidazole rings is 1. The molecule has 2 rings (SSSR count). The van der Waals surface area contributed by atoms with Crippen LogP contribution in [0.2, 0.25) is 0 Å². The van der Waals surface area contributed by atoms with Crippen molar-refractivity contribution in [2.45, 2.75) is 26.3 Å². The van der Waals surface area contributed by atoms with Crippen LogP contribution in [-0.2, 0) is 20.0 Å². The van der Waals surface area contributed by atoms with Crippen molar-refractivity contribution in [1.29, 1.82) is 0 Å². The summed E-state index contributed by atoms with van der Waals surface area (Å²) >= 11 is 0. The Bertz CT molecular complexity index is 563. The summed E-state index contributed by atoms with van der Waals surface area (Å²) in [6.07, 6.45) is 5.68. The second-order valence-electron chi connectivity index (χ2n) is 4.84. The second kappa shape index (κ2) is 6.36. The fourth-order valence-corrected chi connectivity index (χ4v) is 1.98. The van der Waals surface area contributed by atoms with Gasteiger partial charge in [-0.15, -0.1) is 0 Å². The fourth-order valence-electron chi connectivity index (χ4n) is 1.98. The number of hydrogen-bond donors (Lipinski definition) is 1. The molecule has 2 aromatic heterocycles. The van der Waals surface area contributed by atoms with Crippen LogP contribution in [-0.4, -0.2) is 33.6 Å². The third-order valence-corrected chi connectivity index (χ3v) is 3.18. The van der Waals surface area contributed by atoms with Crippen LogP contribution in [0.3, 0.4) is 0 Å². The summed E-state index contributed by atoms with van der Waals surface area (Å²) < 4.78 is 2.02. The molecule has 0 atom stereocenters. The molecule has 0 aliphatic rings. The smallest absolute Gasteiger partial charge is 0.134 e. The Labute approximate surface area is 119 Å². The van der Waals surface area contributed by atoms with Gasteiger partial charge in [-0.25, -0.2) is 15.0 Å². The van der Waals surface area contributed by atoms with Crippen LogP contribution in [0.5, 0.6) is 0 Å². The van der Waals surface area contributed by atoms with Crippen LogP contribution in [0.25, 0.3) is 0 Å². The lowest BCUT2D eigenvalue weighted by molar-refractivity contribution is 0.747. The van der Waals surface area contributed by atoms with Crippen molar-refractivity contribution in [3.05, 3.63) is 30.1 Å². The van der Waals surface area contributed by atoms with E-state index in [4.69, 9.17) is 0 Å². The molecule has 0 radical (unpaired) electrons. The van der Waals surface area contributed by atoms with Gasteiger partial charge in [0.05, 0.1) is 6.54 Å². The number of hydrogen-bond acceptors (Lipinski definition) is 5. The molecule has 2 heterocycles. The molecule has 108 valence electrons. The number of aryl methyl sites for hydroxylation is 2. The summed E-state index contributed by atoms with van der Waals surface area (Å²) in [7, 11) is 5.89. The molecule has 0 aliphatic heterocycles. The lowest BCUT2D eigenvalue weighted by Crippen LogP contribution is -2.21. The van der Waals surface area contributed by atoms with Gasteiger partial charge in [-0.2, -0.15) is 0 Å². The van der Waals surface area contributed by atoms with Crippen molar-refractivity contribution in [3.8, 4) is 0 Å². The van der Waals surface area contributed by atoms with Gasteiger partial charge in [0.1, 0.15) is 23.3 Å². The molecule has 0 spiro atoms. The van der Waals surface area contributed by atoms with Crippen LogP contribution in [0.1, 0.15) is 25.0 Å². The van der Waals surface area contributed by atoms with E-state index in [-0.39, 0.29) is 0 Å². The van der Waals surface area contributed by atoms with Crippen LogP contribution in [0, 0.1) is 0 Å². The minimum Gasteiger partial charge on any atom is -0.373 e. The van der Waals surface area contributed by atoms with Gasteiger partial charge in [-0.3, -0.25) is 0 Å². The molecule has 0 unspecified atom stereocenters. The molecule has 6 heteroatoms. The maximum Gasteiger partial charge on any atom is 0.134 e. The quantitative estimate of drug-likeness (QED) is 0.871. The predicted molar refractivity (Wildman–Crippen MR) is 80.9 cm³/mol. The maximum atomic E-state index is 4.62. The second-order valence-corrected chi connectivity index (χ2v) is 4.84. The van der Waals surface area contributed by atoms with Crippen molar-refractivity contribution >= 4 is 11.6 Å². The zero-order valence-electron chi connectivity index (χ0n) is 12.6. The first-order chi connectivity index (χ1) is 9.63. The number of nitrogens with one attached hydrogen (secondary N) is 1. The average molecular weight is 274 g/mol. The minimum atomic E-state index is 0.717. The molecule has 0 bridgehead atoms. The molecular weight excluding hydrogens is 252 g/mol. The Morgan fingerprint density at radius 2 is 2.15 bits per heavy atom. The molecule has 1 N–H and O–H groups in total. The van der Waals surface area contributed by atoms with Crippen molar-refractivity contribution < 1.29 is 0 Å². The highest BCUT2D eigenvalue weighted by Gasteiger charge is 2.10. The lowest BCUT2D eigenvalue weighted by atomic mass is 10.3. The normalized spacial score (nSPS) is 10.6. The van der Waals surface area contributed by atoms with E-state index in [2.05, 4.69) is 32.1 Å². The third kappa shape index (κ3) is 3.26. The van der Waals surface area contributed by atoms with E-state index in [9.17, 15) is 0 Å². The fraction of sp³-hybridized carbons (Fsp3) is 0.500. The van der Waals surface area contributed by atoms with Crippen molar-refractivity contribution in [3.63, 3.8) is 0 Å². The van der Waals surface area contributed by atoms with Crippen LogP contribution >= 0.6 is 0 Å². The minimum absolute atomic E-state index is 0.717. The van der Waals surface area contributed by atoms with E-state index in [0.717, 1.165) is 42.7 Å². The van der Waals surface area contributed by atoms with Crippen LogP contribution < -0.4 is 10.2 Å². The first-order valence-electron chi connectivity index (χ1n) is 6.87. The SMILES string of the molecule is CCCc1nc(NC)cc(N(C)Cc2nccn2C)n1. The number of anilines is 2. The monoisotopic (exact) mass is 274 g/mol. The Balaban J connectivity index is 2.22. The molecule has 0 aliphatic carbocycles. The van der Waals surface area contributed by atoms with E-state index < -0.39 is 0 Å². The molecule has 0 aromatic carbocycles. The zero-order chi connectivity index (χ0) is 14.5. The standard InChI is InChI=1S/C14H22N6/c1-5-6-11-17-12(15-2)9-13(18-11)20(4)10-14-16-7-8-19(14)3/h7-9H,5-6,10H2,1-4H3,(H,15,17,18). The molecule has 6 nitrogen and oxygen atoms in total. The molecule has 2 aromatic rings. The molecule has 0 saturated carbocycles. The largest absolute Gasteiger partial charge is 0.373 e. The predicted octanol–water partition coefficient (Wildman–Crippen LogP) is 1.84. The highest BCUT2D eigenvalue weighted by molar-refractivity contribution is 5.48. The number of rotatable bonds is 6. The molecule has 0 amide bonds. The van der Waals surface area contributed by atoms with Gasteiger partial charge >= 0.3 is 0 Å². The van der Waals surface area contributed by atoms with Gasteiger partial charge in [-0.05, 0) is 6.42 Å². The van der Waals surface area contributed by atoms with Gasteiger partial charge in [0.15, 0.2) is 0 Å². The molecule has 0 saturated heterocycles. The Morgan fingerprint density at radius 1 is 1.35 bits per heavy atom. The lowest BCUT2D eigenvalue weighted by Gasteiger charge is -2.19. The zero-order valence-corrected chi connectivity index (χ0v) is 12.6. The Hall–Kier alpha value is -2.11. The first kappa shape index (κ1) is 14.3. The molecule has 20 heavy (non-hydrogen) atoms. The van der Waals surface area contributed by atoms with E-state index in [1.54, 1.807) is 0 Å². The summed E-state index contributed by atoms with van der Waals surface area (Å²) in [5.74, 6) is 3.65. The average Bonchev–Trinajstić information content (AvgIpc) is 2.84. The first-order valence-corrected chi connectivity index (χ1v) is 6.87. The summed E-state index contributed by atoms with van der Waals surface area (Å²) in [6.45, 7) is 2.85. The highest BCUT2D eigenvalue weighted by Crippen LogP contribution is 2.17. The summed E-state index contributed by atoms with van der Waals surface area (Å²) in [5, 5.41) is 3.09. The molecule has 0 fully saturated rings. The van der Waals surface area contributed by atoms with Crippen LogP contribution in [0.15, 0.2) is 18.5 Å². The van der Waals surface area contributed by atoms with Crippen molar-refractivity contribution in [2.24, 2.45) is 7.05 Å². The van der Waals surface area contributed by atoms with E-state index >= 15 is 0 Å². The van der Waals surface area contributed by atoms with E-state index in [0.29, 0.717) is 0 Å². The van der Waals surface area contributed by atoms with Gasteiger partial charge in [0, 0.05) is 46.0 Å². The third-order valence-electron chi connectivity index (χ3n) is 3.18. The number of aromatic nitrogens is 4. The maximum absolute atomic E-state index is 4.62. The number of nitrogens with zero attached hydrogens (tertiary/aromatic N) is 5. The highest BCUT2D eigenvalue weighted by atomic mass is 15.2. The summed E-state index contributed by atoms with van der Waals surface area (Å²) in [5.41, 5.74) is 0. The van der Waals surface area contributed by atoms with Crippen molar-refractivity contribution in [1.82, 2.24) is 19.5 Å². The summed E-state index contributed by atoms with van der Waals surface area (Å²) in [6, 6.07) is 1.96. The molecular formula is C14H22N6.